The Kier molecular flexibility index (Phi) is 4.75. The van der Waals surface area contributed by atoms with Gasteiger partial charge in [-0.3, -0.25) is 4.79 Å². The Labute approximate surface area is 108 Å². The molecule has 18 heavy (non-hydrogen) atoms. The third kappa shape index (κ3) is 3.57. The van der Waals surface area contributed by atoms with Crippen LogP contribution >= 0.6 is 0 Å². The molecule has 0 spiro atoms. The van der Waals surface area contributed by atoms with Crippen molar-refractivity contribution in [3.05, 3.63) is 22.6 Å². The number of nitrogens with one attached hydrogen (secondary N) is 2. The summed E-state index contributed by atoms with van der Waals surface area (Å²) in [6, 6.07) is 1.64. The zero-order valence-electron chi connectivity index (χ0n) is 11.0. The van der Waals surface area contributed by atoms with Crippen molar-refractivity contribution < 1.29 is 0 Å². The van der Waals surface area contributed by atoms with Gasteiger partial charge in [-0.2, -0.15) is 5.10 Å². The van der Waals surface area contributed by atoms with E-state index in [0.717, 1.165) is 25.3 Å². The summed E-state index contributed by atoms with van der Waals surface area (Å²) in [7, 11) is 1.90. The fourth-order valence-corrected chi connectivity index (χ4v) is 2.44. The van der Waals surface area contributed by atoms with E-state index >= 15 is 0 Å². The van der Waals surface area contributed by atoms with E-state index in [-0.39, 0.29) is 5.56 Å². The van der Waals surface area contributed by atoms with E-state index < -0.39 is 0 Å². The Morgan fingerprint density at radius 3 is 2.83 bits per heavy atom. The van der Waals surface area contributed by atoms with Gasteiger partial charge in [0.1, 0.15) is 0 Å². The summed E-state index contributed by atoms with van der Waals surface area (Å²) in [6.45, 7) is 2.44. The van der Waals surface area contributed by atoms with E-state index in [2.05, 4.69) is 15.7 Å². The minimum absolute atomic E-state index is 0.00337. The molecule has 0 aromatic carbocycles. The predicted octanol–water partition coefficient (Wildman–Crippen LogP) is 1.06. The van der Waals surface area contributed by atoms with Crippen LogP contribution in [-0.2, 0) is 6.54 Å². The maximum Gasteiger partial charge on any atom is 0.268 e. The average molecular weight is 250 g/mol. The zero-order chi connectivity index (χ0) is 12.8. The molecule has 0 atom stereocenters. The molecule has 1 aliphatic rings. The van der Waals surface area contributed by atoms with Crippen molar-refractivity contribution in [1.29, 1.82) is 0 Å². The summed E-state index contributed by atoms with van der Waals surface area (Å²) < 4.78 is 1.60. The van der Waals surface area contributed by atoms with Crippen LogP contribution in [0.15, 0.2) is 17.1 Å². The first kappa shape index (κ1) is 13.1. The largest absolute Gasteiger partial charge is 0.382 e. The molecule has 2 N–H and O–H groups in total. The van der Waals surface area contributed by atoms with Gasteiger partial charge in [-0.05, 0) is 25.8 Å². The van der Waals surface area contributed by atoms with E-state index in [1.54, 1.807) is 16.9 Å². The van der Waals surface area contributed by atoms with E-state index in [1.165, 1.54) is 25.7 Å². The summed E-state index contributed by atoms with van der Waals surface area (Å²) in [4.78, 5) is 11.9. The van der Waals surface area contributed by atoms with E-state index in [9.17, 15) is 4.79 Å². The summed E-state index contributed by atoms with van der Waals surface area (Å²) in [6.07, 6.45) is 6.80. The third-order valence-electron chi connectivity index (χ3n) is 3.48. The molecule has 0 unspecified atom stereocenters. The minimum Gasteiger partial charge on any atom is -0.382 e. The number of aromatic nitrogens is 2. The van der Waals surface area contributed by atoms with Crippen LogP contribution in [0, 0.1) is 5.92 Å². The molecule has 5 nitrogen and oxygen atoms in total. The predicted molar refractivity (Wildman–Crippen MR) is 72.9 cm³/mol. The molecule has 1 aromatic heterocycles. The molecular formula is C13H22N4O. The van der Waals surface area contributed by atoms with Crippen molar-refractivity contribution in [1.82, 2.24) is 15.1 Å². The first-order chi connectivity index (χ1) is 8.79. The first-order valence-corrected chi connectivity index (χ1v) is 6.75. The lowest BCUT2D eigenvalue weighted by molar-refractivity contribution is 0.415. The fraction of sp³-hybridized carbons (Fsp3) is 0.692. The second-order valence-electron chi connectivity index (χ2n) is 4.95. The second kappa shape index (κ2) is 6.54. The highest BCUT2D eigenvalue weighted by molar-refractivity contribution is 5.38. The molecule has 2 rings (SSSR count). The quantitative estimate of drug-likeness (QED) is 0.741. The monoisotopic (exact) mass is 250 g/mol. The Morgan fingerprint density at radius 2 is 2.17 bits per heavy atom. The van der Waals surface area contributed by atoms with Gasteiger partial charge in [-0.15, -0.1) is 0 Å². The van der Waals surface area contributed by atoms with Gasteiger partial charge in [0.15, 0.2) is 0 Å². The maximum absolute atomic E-state index is 11.9. The van der Waals surface area contributed by atoms with Crippen LogP contribution < -0.4 is 16.2 Å². The van der Waals surface area contributed by atoms with Gasteiger partial charge >= 0.3 is 0 Å². The van der Waals surface area contributed by atoms with Crippen molar-refractivity contribution in [2.24, 2.45) is 5.92 Å². The lowest BCUT2D eigenvalue weighted by atomic mass is 10.1. The van der Waals surface area contributed by atoms with Crippen molar-refractivity contribution in [2.75, 3.05) is 25.5 Å². The fourth-order valence-electron chi connectivity index (χ4n) is 2.44. The third-order valence-corrected chi connectivity index (χ3v) is 3.48. The maximum atomic E-state index is 11.9. The number of anilines is 1. The standard InChI is InChI=1S/C13H22N4O/c1-14-6-7-15-12-8-13(18)17(16-9-12)10-11-4-2-3-5-11/h8-9,11,14-15H,2-7,10H2,1H3. The van der Waals surface area contributed by atoms with Gasteiger partial charge in [0.25, 0.3) is 5.56 Å². The molecule has 0 amide bonds. The van der Waals surface area contributed by atoms with Crippen LogP contribution in [0.5, 0.6) is 0 Å². The molecule has 1 heterocycles. The number of hydrogen-bond donors (Lipinski definition) is 2. The molecule has 100 valence electrons. The van der Waals surface area contributed by atoms with E-state index in [0.29, 0.717) is 5.92 Å². The summed E-state index contributed by atoms with van der Waals surface area (Å²) in [5.41, 5.74) is 0.800. The second-order valence-corrected chi connectivity index (χ2v) is 4.95. The first-order valence-electron chi connectivity index (χ1n) is 6.75. The number of rotatable bonds is 6. The van der Waals surface area contributed by atoms with Crippen molar-refractivity contribution in [3.8, 4) is 0 Å². The highest BCUT2D eigenvalue weighted by Crippen LogP contribution is 2.25. The normalized spacial score (nSPS) is 16.1. The van der Waals surface area contributed by atoms with Gasteiger partial charge in [-0.25, -0.2) is 4.68 Å². The Balaban J connectivity index is 1.94. The van der Waals surface area contributed by atoms with Crippen LogP contribution in [0.1, 0.15) is 25.7 Å². The van der Waals surface area contributed by atoms with Gasteiger partial charge in [0, 0.05) is 25.7 Å². The van der Waals surface area contributed by atoms with Gasteiger partial charge in [0.2, 0.25) is 0 Å². The van der Waals surface area contributed by atoms with Crippen molar-refractivity contribution >= 4 is 5.69 Å². The SMILES string of the molecule is CNCCNc1cnn(CC2CCCC2)c(=O)c1. The van der Waals surface area contributed by atoms with Crippen molar-refractivity contribution in [3.63, 3.8) is 0 Å². The lowest BCUT2D eigenvalue weighted by Crippen LogP contribution is -2.26. The number of hydrogen-bond acceptors (Lipinski definition) is 4. The van der Waals surface area contributed by atoms with Crippen LogP contribution in [-0.4, -0.2) is 29.9 Å². The molecule has 0 saturated heterocycles. The molecule has 5 heteroatoms. The molecular weight excluding hydrogens is 228 g/mol. The molecule has 1 aromatic rings. The van der Waals surface area contributed by atoms with Gasteiger partial charge in [-0.1, -0.05) is 12.8 Å². The summed E-state index contributed by atoms with van der Waals surface area (Å²) in [5, 5.41) is 10.5. The van der Waals surface area contributed by atoms with Crippen LogP contribution in [0.25, 0.3) is 0 Å². The minimum atomic E-state index is -0.00337. The molecule has 1 saturated carbocycles. The van der Waals surface area contributed by atoms with Crippen LogP contribution in [0.4, 0.5) is 5.69 Å². The summed E-state index contributed by atoms with van der Waals surface area (Å²) >= 11 is 0. The Morgan fingerprint density at radius 1 is 1.39 bits per heavy atom. The highest BCUT2D eigenvalue weighted by atomic mass is 16.1. The highest BCUT2D eigenvalue weighted by Gasteiger charge is 2.16. The molecule has 0 bridgehead atoms. The smallest absolute Gasteiger partial charge is 0.268 e. The molecule has 1 fully saturated rings. The van der Waals surface area contributed by atoms with E-state index in [1.807, 2.05) is 7.05 Å². The van der Waals surface area contributed by atoms with Gasteiger partial charge < -0.3 is 10.6 Å². The van der Waals surface area contributed by atoms with Crippen LogP contribution in [0.3, 0.4) is 0 Å². The summed E-state index contributed by atoms with van der Waals surface area (Å²) in [5.74, 6) is 0.637. The zero-order valence-corrected chi connectivity index (χ0v) is 11.0. The van der Waals surface area contributed by atoms with E-state index in [4.69, 9.17) is 0 Å². The molecule has 1 aliphatic carbocycles. The molecule has 0 aliphatic heterocycles. The van der Waals surface area contributed by atoms with Crippen molar-refractivity contribution in [2.45, 2.75) is 32.2 Å². The lowest BCUT2D eigenvalue weighted by Gasteiger charge is -2.11. The Hall–Kier alpha value is -1.36. The number of likely N-dealkylation sites (N-methyl/N-ethyl adjacent to an activating group) is 1. The average Bonchev–Trinajstić information content (AvgIpc) is 2.86. The number of nitrogens with zero attached hydrogens (tertiary/aromatic N) is 2. The van der Waals surface area contributed by atoms with Gasteiger partial charge in [0.05, 0.1) is 11.9 Å². The Bertz CT molecular complexity index is 423. The molecule has 0 radical (unpaired) electrons. The van der Waals surface area contributed by atoms with Crippen LogP contribution in [0.2, 0.25) is 0 Å². The topological polar surface area (TPSA) is 59.0 Å².